The van der Waals surface area contributed by atoms with Crippen LogP contribution >= 0.6 is 0 Å². The van der Waals surface area contributed by atoms with E-state index in [0.29, 0.717) is 6.08 Å². The zero-order chi connectivity index (χ0) is 19.4. The molecule has 0 aromatic rings. The van der Waals surface area contributed by atoms with Crippen LogP contribution in [0.5, 0.6) is 0 Å². The van der Waals surface area contributed by atoms with Gasteiger partial charge in [-0.25, -0.2) is 4.79 Å². The van der Waals surface area contributed by atoms with Gasteiger partial charge in [0.15, 0.2) is 0 Å². The Balaban J connectivity index is 3.31. The first-order valence-corrected chi connectivity index (χ1v) is 6.53. The summed E-state index contributed by atoms with van der Waals surface area (Å²) in [6, 6.07) is -3.55. The number of carbonyl (C=O) groups excluding carboxylic acids is 1. The predicted molar refractivity (Wildman–Crippen MR) is 70.6 cm³/mol. The fourth-order valence-electron chi connectivity index (χ4n) is 2.01. The zero-order valence-corrected chi connectivity index (χ0v) is 12.2. The monoisotopic (exact) mass is 370 g/mol. The summed E-state index contributed by atoms with van der Waals surface area (Å²) < 4.78 is 42.2. The number of aliphatic carboxylic acids is 1. The van der Waals surface area contributed by atoms with Gasteiger partial charge in [0.05, 0.1) is 18.7 Å². The molecule has 0 saturated carbocycles. The van der Waals surface area contributed by atoms with Crippen LogP contribution in [-0.4, -0.2) is 75.5 Å². The second-order valence-corrected chi connectivity index (χ2v) is 4.85. The molecule has 5 atom stereocenters. The minimum absolute atomic E-state index is 0.637. The first-order valence-electron chi connectivity index (χ1n) is 6.53. The number of halogens is 3. The highest BCUT2D eigenvalue weighted by Crippen LogP contribution is 2.26. The van der Waals surface area contributed by atoms with Gasteiger partial charge in [-0.2, -0.15) is 13.2 Å². The van der Waals surface area contributed by atoms with Crippen LogP contribution in [0.1, 0.15) is 0 Å². The van der Waals surface area contributed by atoms with E-state index in [1.54, 1.807) is 0 Å². The number of hydrogen-bond donors (Lipinski definition) is 5. The lowest BCUT2D eigenvalue weighted by molar-refractivity contribution is -0.177. The highest BCUT2D eigenvalue weighted by molar-refractivity contribution is 5.85. The molecule has 0 saturated heterocycles. The van der Waals surface area contributed by atoms with E-state index >= 15 is 0 Å². The Kier molecular flexibility index (Phi) is 6.58. The molecule has 0 aromatic carbocycles. The van der Waals surface area contributed by atoms with Gasteiger partial charge >= 0.3 is 18.1 Å². The zero-order valence-electron chi connectivity index (χ0n) is 12.2. The predicted octanol–water partition coefficient (Wildman–Crippen LogP) is -1.21. The largest absolute Gasteiger partial charge is 0.478 e. The van der Waals surface area contributed by atoms with Gasteiger partial charge in [0.25, 0.3) is 0 Å². The van der Waals surface area contributed by atoms with E-state index in [1.807, 2.05) is 0 Å². The quantitative estimate of drug-likeness (QED) is 0.220. The average Bonchev–Trinajstić information content (AvgIpc) is 2.53. The number of amides is 1. The van der Waals surface area contributed by atoms with Crippen LogP contribution < -0.4 is 5.32 Å². The fourth-order valence-corrected chi connectivity index (χ4v) is 2.01. The lowest BCUT2D eigenvalue weighted by atomic mass is 9.92. The second kappa shape index (κ2) is 8.02. The van der Waals surface area contributed by atoms with Crippen LogP contribution in [0.3, 0.4) is 0 Å². The molecule has 0 fully saturated rings. The van der Waals surface area contributed by atoms with E-state index in [2.05, 4.69) is 10.0 Å². The van der Waals surface area contributed by atoms with Crippen molar-refractivity contribution in [2.45, 2.75) is 36.6 Å². The molecule has 14 heteroatoms. The number of aliphatic hydroxyl groups excluding tert-OH is 3. The third-order valence-electron chi connectivity index (χ3n) is 3.18. The molecule has 140 valence electrons. The van der Waals surface area contributed by atoms with Gasteiger partial charge < -0.3 is 30.5 Å². The molecule has 0 unspecified atom stereocenters. The van der Waals surface area contributed by atoms with Gasteiger partial charge in [-0.1, -0.05) is 5.11 Å². The van der Waals surface area contributed by atoms with E-state index in [1.165, 1.54) is 5.32 Å². The van der Waals surface area contributed by atoms with Crippen LogP contribution in [0.2, 0.25) is 0 Å². The molecule has 1 aliphatic heterocycles. The van der Waals surface area contributed by atoms with Crippen LogP contribution in [0, 0.1) is 0 Å². The molecule has 1 heterocycles. The van der Waals surface area contributed by atoms with Gasteiger partial charge in [0.1, 0.15) is 18.3 Å². The summed E-state index contributed by atoms with van der Waals surface area (Å²) in [5.41, 5.74) is 8.49. The lowest BCUT2D eigenvalue weighted by Crippen LogP contribution is -2.61. The number of alkyl halides is 3. The standard InChI is InChI=1S/C11H13F3N4O7/c12-11(13,14)10(24)16-6-3(17-18-15)1-5(9(22)23)25-8(6)7(21)4(20)2-19/h1,3-4,6-8,19-21H,2H2,(H,16,24)(H,22,23)/t3-,4+,6+,7+,8+/m0/s1. The Hall–Kier alpha value is -2.54. The molecule has 0 bridgehead atoms. The Morgan fingerprint density at radius 3 is 2.48 bits per heavy atom. The molecule has 1 amide bonds. The molecule has 0 aliphatic carbocycles. The summed E-state index contributed by atoms with van der Waals surface area (Å²) in [5.74, 6) is -5.05. The number of hydrogen-bond acceptors (Lipinski definition) is 7. The molecular weight excluding hydrogens is 357 g/mol. The third kappa shape index (κ3) is 4.96. The molecule has 1 rings (SSSR count). The van der Waals surface area contributed by atoms with Crippen molar-refractivity contribution in [1.82, 2.24) is 5.32 Å². The van der Waals surface area contributed by atoms with Crippen molar-refractivity contribution >= 4 is 11.9 Å². The normalized spacial score (nSPS) is 25.7. The van der Waals surface area contributed by atoms with Crippen molar-refractivity contribution < 1.29 is 47.9 Å². The van der Waals surface area contributed by atoms with Gasteiger partial charge in [-0.05, 0) is 11.6 Å². The van der Waals surface area contributed by atoms with E-state index < -0.39 is 60.8 Å². The van der Waals surface area contributed by atoms with Gasteiger partial charge in [-0.15, -0.1) is 0 Å². The summed E-state index contributed by atoms with van der Waals surface area (Å²) in [6.07, 6.45) is -10.7. The molecule has 0 spiro atoms. The van der Waals surface area contributed by atoms with Crippen molar-refractivity contribution in [3.63, 3.8) is 0 Å². The van der Waals surface area contributed by atoms with Crippen molar-refractivity contribution in [3.05, 3.63) is 22.3 Å². The summed E-state index contributed by atoms with van der Waals surface area (Å²) in [5, 5.41) is 41.6. The van der Waals surface area contributed by atoms with E-state index in [9.17, 15) is 33.0 Å². The van der Waals surface area contributed by atoms with E-state index in [4.69, 9.17) is 20.5 Å². The number of carbonyl (C=O) groups is 2. The molecule has 0 radical (unpaired) electrons. The molecule has 5 N–H and O–H groups in total. The number of rotatable bonds is 6. The summed E-state index contributed by atoms with van der Waals surface area (Å²) >= 11 is 0. The first kappa shape index (κ1) is 20.5. The van der Waals surface area contributed by atoms with Crippen molar-refractivity contribution in [2.75, 3.05) is 6.61 Å². The number of azide groups is 1. The SMILES string of the molecule is [N-]=[N+]=N[C@H]1C=C(C(=O)O)O[C@@H]([C@H](O)[C@H](O)CO)[C@@H]1NC(=O)C(F)(F)F. The van der Waals surface area contributed by atoms with Gasteiger partial charge in [0.2, 0.25) is 5.76 Å². The number of aliphatic hydroxyl groups is 3. The number of nitrogens with one attached hydrogen (secondary N) is 1. The van der Waals surface area contributed by atoms with Crippen molar-refractivity contribution in [1.29, 1.82) is 0 Å². The van der Waals surface area contributed by atoms with Crippen molar-refractivity contribution in [2.24, 2.45) is 5.11 Å². The maximum absolute atomic E-state index is 12.5. The number of carboxylic acids is 1. The van der Waals surface area contributed by atoms with Gasteiger partial charge in [-0.3, -0.25) is 4.79 Å². The third-order valence-corrected chi connectivity index (χ3v) is 3.18. The van der Waals surface area contributed by atoms with Crippen LogP contribution in [0.15, 0.2) is 16.9 Å². The average molecular weight is 370 g/mol. The smallest absolute Gasteiger partial charge is 0.471 e. The molecular formula is C11H13F3N4O7. The molecule has 1 aliphatic rings. The maximum Gasteiger partial charge on any atom is 0.471 e. The number of nitrogens with zero attached hydrogens (tertiary/aromatic N) is 3. The maximum atomic E-state index is 12.5. The van der Waals surface area contributed by atoms with Crippen LogP contribution in [0.4, 0.5) is 13.2 Å². The van der Waals surface area contributed by atoms with E-state index in [0.717, 1.165) is 0 Å². The Morgan fingerprint density at radius 1 is 1.44 bits per heavy atom. The molecule has 25 heavy (non-hydrogen) atoms. The van der Waals surface area contributed by atoms with Crippen molar-refractivity contribution in [3.8, 4) is 0 Å². The minimum Gasteiger partial charge on any atom is -0.478 e. The summed E-state index contributed by atoms with van der Waals surface area (Å²) in [7, 11) is 0. The van der Waals surface area contributed by atoms with Crippen LogP contribution in [-0.2, 0) is 14.3 Å². The highest BCUT2D eigenvalue weighted by atomic mass is 19.4. The van der Waals surface area contributed by atoms with E-state index in [-0.39, 0.29) is 0 Å². The lowest BCUT2D eigenvalue weighted by Gasteiger charge is -2.38. The first-order chi connectivity index (χ1) is 11.5. The topological polar surface area (TPSA) is 185 Å². The van der Waals surface area contributed by atoms with Crippen LogP contribution in [0.25, 0.3) is 10.4 Å². The number of carboxylic acid groups (broad SMARTS) is 1. The minimum atomic E-state index is -5.33. The Labute approximate surface area is 136 Å². The fraction of sp³-hybridized carbons (Fsp3) is 0.636. The summed E-state index contributed by atoms with van der Waals surface area (Å²) in [6.45, 7) is -1.04. The second-order valence-electron chi connectivity index (χ2n) is 4.85. The van der Waals surface area contributed by atoms with Gasteiger partial charge in [0, 0.05) is 4.91 Å². The number of ether oxygens (including phenoxy) is 1. The highest BCUT2D eigenvalue weighted by Gasteiger charge is 2.47. The molecule has 11 nitrogen and oxygen atoms in total. The summed E-state index contributed by atoms with van der Waals surface area (Å²) in [4.78, 5) is 24.5. The Bertz CT molecular complexity index is 605. The Morgan fingerprint density at radius 2 is 2.04 bits per heavy atom. The molecule has 0 aromatic heterocycles.